The first-order valence-electron chi connectivity index (χ1n) is 7.09. The van der Waals surface area contributed by atoms with Crippen LogP contribution in [0.25, 0.3) is 0 Å². The van der Waals surface area contributed by atoms with Crippen molar-refractivity contribution in [3.63, 3.8) is 0 Å². The Morgan fingerprint density at radius 2 is 1.88 bits per heavy atom. The maximum absolute atomic E-state index is 10.3. The van der Waals surface area contributed by atoms with Crippen LogP contribution in [0.1, 0.15) is 23.7 Å². The van der Waals surface area contributed by atoms with E-state index in [0.29, 0.717) is 0 Å². The molecule has 1 N–H and O–H groups in total. The zero-order valence-electron chi connectivity index (χ0n) is 14.0. The van der Waals surface area contributed by atoms with Gasteiger partial charge in [-0.3, -0.25) is 10.1 Å². The highest BCUT2D eigenvalue weighted by Gasteiger charge is 2.06. The summed E-state index contributed by atoms with van der Waals surface area (Å²) < 4.78 is 0. The van der Waals surface area contributed by atoms with Gasteiger partial charge in [-0.1, -0.05) is 0 Å². The van der Waals surface area contributed by atoms with Crippen LogP contribution >= 0.6 is 12.4 Å². The standard InChI is InChI=1S/C8H17N3.C7H5NO4.ClH/c1-4-9-8-10-6-5-7-11(2)3;9-7(10)5-1-3-6(4-2-5)8(11)12;/h4-7H2,1-3H3;1-4H,(H,9,10);1H. The lowest BCUT2D eigenvalue weighted by molar-refractivity contribution is -0.384. The predicted molar refractivity (Wildman–Crippen MR) is 95.7 cm³/mol. The van der Waals surface area contributed by atoms with Crippen molar-refractivity contribution >= 4 is 30.1 Å². The molecular formula is C15H23ClN4O4. The Morgan fingerprint density at radius 1 is 1.29 bits per heavy atom. The summed E-state index contributed by atoms with van der Waals surface area (Å²) in [4.78, 5) is 29.9. The molecule has 0 unspecified atom stereocenters. The van der Waals surface area contributed by atoms with Crippen molar-refractivity contribution in [2.45, 2.75) is 13.3 Å². The van der Waals surface area contributed by atoms with Crippen LogP contribution in [0.5, 0.6) is 0 Å². The fourth-order valence-corrected chi connectivity index (χ4v) is 1.36. The molecule has 0 spiro atoms. The van der Waals surface area contributed by atoms with Gasteiger partial charge in [-0.15, -0.1) is 12.4 Å². The number of rotatable bonds is 7. The van der Waals surface area contributed by atoms with E-state index in [1.807, 2.05) is 6.92 Å². The van der Waals surface area contributed by atoms with Crippen molar-refractivity contribution in [2.75, 3.05) is 33.7 Å². The second-order valence-corrected chi connectivity index (χ2v) is 4.72. The third-order valence-corrected chi connectivity index (χ3v) is 2.50. The van der Waals surface area contributed by atoms with Crippen molar-refractivity contribution in [1.29, 1.82) is 0 Å². The molecule has 0 atom stereocenters. The number of hydrogen-bond donors (Lipinski definition) is 1. The zero-order chi connectivity index (χ0) is 17.7. The van der Waals surface area contributed by atoms with Gasteiger partial charge >= 0.3 is 5.97 Å². The Labute approximate surface area is 147 Å². The molecule has 0 fully saturated rings. The first-order chi connectivity index (χ1) is 10.9. The Balaban J connectivity index is 0. The molecule has 24 heavy (non-hydrogen) atoms. The van der Waals surface area contributed by atoms with Gasteiger partial charge in [-0.2, -0.15) is 0 Å². The molecule has 0 heterocycles. The molecule has 0 amide bonds. The average Bonchev–Trinajstić information content (AvgIpc) is 2.51. The molecule has 8 nitrogen and oxygen atoms in total. The predicted octanol–water partition coefficient (Wildman–Crippen LogP) is 2.85. The van der Waals surface area contributed by atoms with E-state index in [0.717, 1.165) is 38.2 Å². The van der Waals surface area contributed by atoms with Crippen LogP contribution in [0, 0.1) is 10.1 Å². The molecule has 134 valence electrons. The van der Waals surface area contributed by atoms with Gasteiger partial charge in [-0.05, 0) is 46.1 Å². The van der Waals surface area contributed by atoms with Gasteiger partial charge in [0.15, 0.2) is 0 Å². The summed E-state index contributed by atoms with van der Waals surface area (Å²) in [6.45, 7) is 4.67. The van der Waals surface area contributed by atoms with Crippen LogP contribution in [0.2, 0.25) is 0 Å². The van der Waals surface area contributed by atoms with Crippen LogP contribution in [0.3, 0.4) is 0 Å². The number of carbonyl (C=O) groups is 1. The number of carboxylic acids is 1. The number of nitro groups is 1. The van der Waals surface area contributed by atoms with Crippen molar-refractivity contribution in [2.24, 2.45) is 9.98 Å². The Hall–Kier alpha value is -2.28. The van der Waals surface area contributed by atoms with Crippen molar-refractivity contribution in [1.82, 2.24) is 4.90 Å². The number of non-ortho nitro benzene ring substituents is 1. The smallest absolute Gasteiger partial charge is 0.335 e. The highest BCUT2D eigenvalue weighted by molar-refractivity contribution is 5.87. The molecule has 1 aromatic rings. The Kier molecular flexibility index (Phi) is 14.3. The van der Waals surface area contributed by atoms with Crippen LogP contribution in [-0.4, -0.2) is 60.6 Å². The molecule has 9 heteroatoms. The number of nitrogens with zero attached hydrogens (tertiary/aromatic N) is 4. The second kappa shape index (κ2) is 14.3. The lowest BCUT2D eigenvalue weighted by Gasteiger charge is -2.05. The number of halogens is 1. The Bertz CT molecular complexity index is 522. The monoisotopic (exact) mass is 358 g/mol. The highest BCUT2D eigenvalue weighted by Crippen LogP contribution is 2.11. The zero-order valence-corrected chi connectivity index (χ0v) is 14.8. The fraction of sp³-hybridized carbons (Fsp3) is 0.467. The highest BCUT2D eigenvalue weighted by atomic mass is 35.5. The SMILES string of the molecule is CCN=C=NCCCN(C)C.Cl.O=C(O)c1ccc([N+](=O)[O-])cc1. The van der Waals surface area contributed by atoms with Crippen LogP contribution in [0.4, 0.5) is 5.69 Å². The maximum atomic E-state index is 10.3. The van der Waals surface area contributed by atoms with Crippen LogP contribution in [-0.2, 0) is 0 Å². The first kappa shape index (κ1) is 24.0. The number of benzene rings is 1. The summed E-state index contributed by atoms with van der Waals surface area (Å²) in [7, 11) is 4.12. The van der Waals surface area contributed by atoms with E-state index in [-0.39, 0.29) is 23.7 Å². The summed E-state index contributed by atoms with van der Waals surface area (Å²) in [5, 5.41) is 18.6. The molecule has 0 saturated heterocycles. The van der Waals surface area contributed by atoms with Gasteiger partial charge in [0.2, 0.25) is 0 Å². The Morgan fingerprint density at radius 3 is 2.29 bits per heavy atom. The number of aliphatic imine (C=N–C) groups is 2. The van der Waals surface area contributed by atoms with E-state index < -0.39 is 10.9 Å². The topological polar surface area (TPSA) is 108 Å². The molecule has 0 aliphatic heterocycles. The lowest BCUT2D eigenvalue weighted by atomic mass is 10.2. The van der Waals surface area contributed by atoms with Gasteiger partial charge in [0.1, 0.15) is 0 Å². The second-order valence-electron chi connectivity index (χ2n) is 4.72. The van der Waals surface area contributed by atoms with Crippen molar-refractivity contribution in [3.05, 3.63) is 39.9 Å². The van der Waals surface area contributed by atoms with E-state index in [4.69, 9.17) is 5.11 Å². The van der Waals surface area contributed by atoms with Gasteiger partial charge < -0.3 is 10.0 Å². The first-order valence-corrected chi connectivity index (χ1v) is 7.09. The maximum Gasteiger partial charge on any atom is 0.335 e. The van der Waals surface area contributed by atoms with E-state index >= 15 is 0 Å². The molecular weight excluding hydrogens is 336 g/mol. The van der Waals surface area contributed by atoms with Gasteiger partial charge in [-0.25, -0.2) is 14.8 Å². The van der Waals surface area contributed by atoms with E-state index in [9.17, 15) is 14.9 Å². The van der Waals surface area contributed by atoms with E-state index in [1.54, 1.807) is 0 Å². The number of hydrogen-bond acceptors (Lipinski definition) is 6. The average molecular weight is 359 g/mol. The molecule has 0 aliphatic carbocycles. The normalized spacial score (nSPS) is 9.00. The van der Waals surface area contributed by atoms with Crippen LogP contribution < -0.4 is 0 Å². The molecule has 0 aromatic heterocycles. The minimum absolute atomic E-state index is 0. The number of carboxylic acid groups (broad SMARTS) is 1. The summed E-state index contributed by atoms with van der Waals surface area (Å²) in [5.41, 5.74) is -0.0689. The quantitative estimate of drug-likeness (QED) is 0.349. The third kappa shape index (κ3) is 12.3. The van der Waals surface area contributed by atoms with Gasteiger partial charge in [0.25, 0.3) is 5.69 Å². The van der Waals surface area contributed by atoms with E-state index in [1.165, 1.54) is 12.1 Å². The van der Waals surface area contributed by atoms with Crippen molar-refractivity contribution in [3.8, 4) is 0 Å². The number of aromatic carboxylic acids is 1. The van der Waals surface area contributed by atoms with E-state index in [2.05, 4.69) is 35.0 Å². The third-order valence-electron chi connectivity index (χ3n) is 2.50. The summed E-state index contributed by atoms with van der Waals surface area (Å²) in [6, 6.07) is 7.34. The molecule has 0 saturated carbocycles. The minimum Gasteiger partial charge on any atom is -0.478 e. The van der Waals surface area contributed by atoms with Gasteiger partial charge in [0, 0.05) is 18.7 Å². The molecule has 0 bridgehead atoms. The number of nitro benzene ring substituents is 1. The summed E-state index contributed by atoms with van der Waals surface area (Å²) in [6.07, 6.45) is 1.08. The largest absolute Gasteiger partial charge is 0.478 e. The minimum atomic E-state index is -1.09. The lowest BCUT2D eigenvalue weighted by Crippen LogP contribution is -2.13. The molecule has 0 radical (unpaired) electrons. The van der Waals surface area contributed by atoms with Gasteiger partial charge in [0.05, 0.1) is 23.0 Å². The molecule has 0 aliphatic rings. The van der Waals surface area contributed by atoms with Crippen molar-refractivity contribution < 1.29 is 14.8 Å². The molecule has 1 aromatic carbocycles. The summed E-state index contributed by atoms with van der Waals surface area (Å²) >= 11 is 0. The fourth-order valence-electron chi connectivity index (χ4n) is 1.36. The molecule has 1 rings (SSSR count). The van der Waals surface area contributed by atoms with Crippen LogP contribution in [0.15, 0.2) is 34.3 Å². The summed E-state index contributed by atoms with van der Waals surface area (Å²) in [5.74, 6) is -1.09.